The van der Waals surface area contributed by atoms with Gasteiger partial charge >= 0.3 is 0 Å². The van der Waals surface area contributed by atoms with Crippen LogP contribution in [0.4, 0.5) is 5.69 Å². The molecular weight excluding hydrogens is 260 g/mol. The minimum Gasteiger partial charge on any atom is -0.342 e. The minimum atomic E-state index is -0.166. The highest BCUT2D eigenvalue weighted by Gasteiger charge is 2.21. The van der Waals surface area contributed by atoms with E-state index in [0.717, 1.165) is 23.2 Å². The largest absolute Gasteiger partial charge is 0.342 e. The fraction of sp³-hybridized carbons (Fsp3) is 0.389. The van der Waals surface area contributed by atoms with Crippen LogP contribution < -0.4 is 5.32 Å². The number of benzene rings is 1. The summed E-state index contributed by atoms with van der Waals surface area (Å²) in [5.41, 5.74) is 3.19. The molecule has 0 unspecified atom stereocenters. The number of nitrogens with one attached hydrogen (secondary N) is 1. The Bertz CT molecular complexity index is 579. The van der Waals surface area contributed by atoms with Gasteiger partial charge in [0.15, 0.2) is 0 Å². The average molecular weight is 284 g/mol. The van der Waals surface area contributed by atoms with E-state index >= 15 is 0 Å². The highest BCUT2D eigenvalue weighted by Crippen LogP contribution is 2.21. The third-order valence-electron chi connectivity index (χ3n) is 3.47. The van der Waals surface area contributed by atoms with Crippen LogP contribution in [0, 0.1) is 19.8 Å². The molecule has 1 N–H and O–H groups in total. The first-order valence-corrected chi connectivity index (χ1v) is 7.47. The fourth-order valence-electron chi connectivity index (χ4n) is 2.64. The highest BCUT2D eigenvalue weighted by atomic mass is 16.2. The molecule has 2 aromatic rings. The molecule has 3 heteroatoms. The van der Waals surface area contributed by atoms with Gasteiger partial charge in [0.25, 0.3) is 0 Å². The van der Waals surface area contributed by atoms with Gasteiger partial charge in [-0.3, -0.25) is 4.79 Å². The summed E-state index contributed by atoms with van der Waals surface area (Å²) in [6.07, 6.45) is 4.73. The lowest BCUT2D eigenvalue weighted by Crippen LogP contribution is -2.26. The molecule has 0 bridgehead atoms. The smallest absolute Gasteiger partial charge is 0.247 e. The van der Waals surface area contributed by atoms with Gasteiger partial charge in [-0.15, -0.1) is 0 Å². The highest BCUT2D eigenvalue weighted by molar-refractivity contribution is 5.93. The van der Waals surface area contributed by atoms with Crippen molar-refractivity contribution in [2.75, 3.05) is 5.32 Å². The Morgan fingerprint density at radius 3 is 2.19 bits per heavy atom. The number of aryl methyl sites for hydroxylation is 2. The molecule has 1 aromatic heterocycles. The Morgan fingerprint density at radius 1 is 1.10 bits per heavy atom. The molecule has 2 rings (SSSR count). The summed E-state index contributed by atoms with van der Waals surface area (Å²) in [7, 11) is 0. The summed E-state index contributed by atoms with van der Waals surface area (Å²) in [4.78, 5) is 12.6. The summed E-state index contributed by atoms with van der Waals surface area (Å²) in [5.74, 6) is 0.507. The lowest BCUT2D eigenvalue weighted by molar-refractivity contribution is -0.119. The molecule has 0 saturated heterocycles. The van der Waals surface area contributed by atoms with Gasteiger partial charge < -0.3 is 9.88 Å². The molecule has 0 aliphatic rings. The lowest BCUT2D eigenvalue weighted by Gasteiger charge is -2.20. The summed E-state index contributed by atoms with van der Waals surface area (Å²) in [5, 5.41) is 3.06. The first kappa shape index (κ1) is 15.4. The molecule has 1 aromatic carbocycles. The van der Waals surface area contributed by atoms with Gasteiger partial charge in [-0.2, -0.15) is 0 Å². The van der Waals surface area contributed by atoms with Gasteiger partial charge in [0, 0.05) is 18.1 Å². The van der Waals surface area contributed by atoms with E-state index in [2.05, 4.69) is 25.2 Å². The molecule has 21 heavy (non-hydrogen) atoms. The molecule has 0 radical (unpaired) electrons. The van der Waals surface area contributed by atoms with Crippen molar-refractivity contribution < 1.29 is 4.79 Å². The van der Waals surface area contributed by atoms with Crippen LogP contribution in [0.5, 0.6) is 0 Å². The zero-order valence-corrected chi connectivity index (χ0v) is 13.3. The van der Waals surface area contributed by atoms with E-state index in [1.54, 1.807) is 0 Å². The first-order valence-electron chi connectivity index (χ1n) is 7.47. The van der Waals surface area contributed by atoms with Gasteiger partial charge in [-0.05, 0) is 61.6 Å². The van der Waals surface area contributed by atoms with Gasteiger partial charge in [-0.1, -0.05) is 19.9 Å². The number of nitrogens with zero attached hydrogens (tertiary/aromatic N) is 1. The molecule has 0 aliphatic heterocycles. The normalized spacial score (nSPS) is 12.4. The van der Waals surface area contributed by atoms with Crippen molar-refractivity contribution in [1.82, 2.24) is 4.57 Å². The van der Waals surface area contributed by atoms with Crippen molar-refractivity contribution >= 4 is 11.6 Å². The predicted molar refractivity (Wildman–Crippen MR) is 87.5 cm³/mol. The van der Waals surface area contributed by atoms with Crippen molar-refractivity contribution in [3.8, 4) is 0 Å². The summed E-state index contributed by atoms with van der Waals surface area (Å²) >= 11 is 0. The second kappa shape index (κ2) is 6.61. The molecule has 3 nitrogen and oxygen atoms in total. The molecular formula is C18H24N2O. The van der Waals surface area contributed by atoms with Crippen LogP contribution in [0.1, 0.15) is 37.4 Å². The quantitative estimate of drug-likeness (QED) is 0.871. The van der Waals surface area contributed by atoms with E-state index in [4.69, 9.17) is 0 Å². The van der Waals surface area contributed by atoms with Crippen LogP contribution in [0.3, 0.4) is 0 Å². The Morgan fingerprint density at radius 2 is 1.67 bits per heavy atom. The van der Waals surface area contributed by atoms with E-state index in [9.17, 15) is 4.79 Å². The second-order valence-electron chi connectivity index (χ2n) is 6.14. The first-order chi connectivity index (χ1) is 9.95. The molecule has 1 heterocycles. The number of hydrogen-bond acceptors (Lipinski definition) is 1. The number of amides is 1. The molecule has 0 saturated carbocycles. The standard InChI is InChI=1S/C18H24N2O/c1-13(2)9-17(20-7-5-6-8-20)18(21)19-16-11-14(3)10-15(4)12-16/h5-8,10-13,17H,9H2,1-4H3,(H,19,21)/t17-/m0/s1. The molecule has 112 valence electrons. The van der Waals surface area contributed by atoms with Crippen molar-refractivity contribution in [2.24, 2.45) is 5.92 Å². The predicted octanol–water partition coefficient (Wildman–Crippen LogP) is 4.33. The molecule has 0 fully saturated rings. The van der Waals surface area contributed by atoms with Crippen LogP contribution in [0.2, 0.25) is 0 Å². The summed E-state index contributed by atoms with van der Waals surface area (Å²) in [6.45, 7) is 8.36. The van der Waals surface area contributed by atoms with Crippen LogP contribution in [-0.2, 0) is 4.79 Å². The van der Waals surface area contributed by atoms with E-state index in [-0.39, 0.29) is 11.9 Å². The third-order valence-corrected chi connectivity index (χ3v) is 3.47. The SMILES string of the molecule is Cc1cc(C)cc(NC(=O)[C@H](CC(C)C)n2cccc2)c1. The topological polar surface area (TPSA) is 34.0 Å². The van der Waals surface area contributed by atoms with Crippen LogP contribution >= 0.6 is 0 Å². The molecule has 1 amide bonds. The molecule has 0 aliphatic carbocycles. The number of carbonyl (C=O) groups excluding carboxylic acids is 1. The zero-order chi connectivity index (χ0) is 15.4. The summed E-state index contributed by atoms with van der Waals surface area (Å²) < 4.78 is 1.98. The van der Waals surface area contributed by atoms with Crippen LogP contribution in [0.15, 0.2) is 42.7 Å². The minimum absolute atomic E-state index is 0.0462. The van der Waals surface area contributed by atoms with Crippen LogP contribution in [-0.4, -0.2) is 10.5 Å². The third kappa shape index (κ3) is 4.22. The van der Waals surface area contributed by atoms with E-state index in [0.29, 0.717) is 5.92 Å². The maximum Gasteiger partial charge on any atom is 0.247 e. The maximum absolute atomic E-state index is 12.6. The molecule has 1 atom stereocenters. The van der Waals surface area contributed by atoms with Crippen molar-refractivity contribution in [2.45, 2.75) is 40.2 Å². The van der Waals surface area contributed by atoms with Crippen LogP contribution in [0.25, 0.3) is 0 Å². The molecule has 0 spiro atoms. The Balaban J connectivity index is 2.18. The second-order valence-corrected chi connectivity index (χ2v) is 6.14. The van der Waals surface area contributed by atoms with Crippen molar-refractivity contribution in [3.05, 3.63) is 53.9 Å². The maximum atomic E-state index is 12.6. The number of rotatable bonds is 5. The van der Waals surface area contributed by atoms with Gasteiger partial charge in [-0.25, -0.2) is 0 Å². The van der Waals surface area contributed by atoms with Crippen molar-refractivity contribution in [3.63, 3.8) is 0 Å². The van der Waals surface area contributed by atoms with E-state index < -0.39 is 0 Å². The lowest BCUT2D eigenvalue weighted by atomic mass is 10.0. The van der Waals surface area contributed by atoms with Crippen molar-refractivity contribution in [1.29, 1.82) is 0 Å². The number of carbonyl (C=O) groups is 1. The summed E-state index contributed by atoms with van der Waals surface area (Å²) in [6, 6.07) is 9.86. The Kier molecular flexibility index (Phi) is 4.84. The average Bonchev–Trinajstić information content (AvgIpc) is 2.87. The number of hydrogen-bond donors (Lipinski definition) is 1. The Labute approximate surface area is 127 Å². The van der Waals surface area contributed by atoms with Gasteiger partial charge in [0.2, 0.25) is 5.91 Å². The Hall–Kier alpha value is -2.03. The number of aromatic nitrogens is 1. The van der Waals surface area contributed by atoms with E-state index in [1.165, 1.54) is 0 Å². The van der Waals surface area contributed by atoms with Gasteiger partial charge in [0.1, 0.15) is 6.04 Å². The fourth-order valence-corrected chi connectivity index (χ4v) is 2.64. The zero-order valence-electron chi connectivity index (χ0n) is 13.3. The van der Waals surface area contributed by atoms with Gasteiger partial charge in [0.05, 0.1) is 0 Å². The number of anilines is 1. The monoisotopic (exact) mass is 284 g/mol. The van der Waals surface area contributed by atoms with E-state index in [1.807, 2.05) is 55.1 Å².